The molecular weight excluding hydrogens is 785 g/mol. The van der Waals surface area contributed by atoms with Gasteiger partial charge in [-0.2, -0.15) is 0 Å². The first kappa shape index (κ1) is 67.0. The van der Waals surface area contributed by atoms with E-state index in [4.69, 9.17) is 0 Å². The molecule has 0 radical (unpaired) electrons. The fourth-order valence-electron chi connectivity index (χ4n) is 4.19. The van der Waals surface area contributed by atoms with E-state index in [9.17, 15) is 13.2 Å². The number of Topliss-reactive ketones (excluding diaryl/α,β-unsaturated/α-hetero) is 1. The summed E-state index contributed by atoms with van der Waals surface area (Å²) < 4.78 is 27.8. The summed E-state index contributed by atoms with van der Waals surface area (Å²) in [6, 6.07) is 46.2. The van der Waals surface area contributed by atoms with Crippen LogP contribution in [0.5, 0.6) is 0 Å². The van der Waals surface area contributed by atoms with Gasteiger partial charge in [0.2, 0.25) is 0 Å². The van der Waals surface area contributed by atoms with Crippen molar-refractivity contribution in [2.24, 2.45) is 16.2 Å². The lowest BCUT2D eigenvalue weighted by Gasteiger charge is -2.20. The first-order valence-corrected chi connectivity index (χ1v) is 23.1. The maximum absolute atomic E-state index is 9.63. The van der Waals surface area contributed by atoms with Gasteiger partial charge in [-0.05, 0) is 63.1 Å². The third-order valence-electron chi connectivity index (χ3n) is 5.82. The second-order valence-electron chi connectivity index (χ2n) is 20.1. The van der Waals surface area contributed by atoms with Gasteiger partial charge in [0.15, 0.2) is 0 Å². The van der Waals surface area contributed by atoms with E-state index >= 15 is 0 Å². The van der Waals surface area contributed by atoms with Crippen LogP contribution in [0.4, 0.5) is 0 Å². The summed E-state index contributed by atoms with van der Waals surface area (Å²) in [7, 11) is 3.83. The number of carbonyl (C=O) groups excluding carboxylic acids is 1. The van der Waals surface area contributed by atoms with Crippen molar-refractivity contribution in [1.29, 1.82) is 0 Å². The molecule has 0 atom stereocenters. The lowest BCUT2D eigenvalue weighted by Crippen LogP contribution is -2.14. The normalized spacial score (nSPS) is 11.1. The van der Waals surface area contributed by atoms with Crippen molar-refractivity contribution < 1.29 is 22.7 Å². The van der Waals surface area contributed by atoms with Gasteiger partial charge in [0, 0.05) is 46.4 Å². The number of sulfone groups is 1. The van der Waals surface area contributed by atoms with E-state index < -0.39 is 9.84 Å². The predicted molar refractivity (Wildman–Crippen MR) is 280 cm³/mol. The molecule has 0 aromatic heterocycles. The van der Waals surface area contributed by atoms with Gasteiger partial charge >= 0.3 is 0 Å². The second-order valence-corrected chi connectivity index (χ2v) is 22.4. The molecule has 1 aliphatic rings. The number of ketones is 1. The molecule has 0 saturated heterocycles. The summed E-state index contributed by atoms with van der Waals surface area (Å²) in [4.78, 5) is 9.44. The molecule has 0 aliphatic heterocycles. The van der Waals surface area contributed by atoms with E-state index in [-0.39, 0.29) is 18.6 Å². The number of carbonyl (C=O) groups is 1. The molecule has 5 nitrogen and oxygen atoms in total. The SMILES string of the molecule is C.CC(C)(C)C.CC(C)(C)C.CC(C)(C)C.CC(C)=O.CC1(C)c2ccccc2-c2ccccc21.COC.COC.CS(C)(=O)=O.c1ccc2ccccc2c1.c1ccccc1. The van der Waals surface area contributed by atoms with Crippen LogP contribution >= 0.6 is 0 Å². The molecule has 62 heavy (non-hydrogen) atoms. The number of hydrogen-bond acceptors (Lipinski definition) is 5. The minimum atomic E-state index is -2.67. The largest absolute Gasteiger partial charge is 0.388 e. The average Bonchev–Trinajstić information content (AvgIpc) is 3.34. The third kappa shape index (κ3) is 50.3. The Kier molecular flexibility index (Phi) is 38.2. The van der Waals surface area contributed by atoms with Gasteiger partial charge < -0.3 is 14.3 Å². The van der Waals surface area contributed by atoms with E-state index in [1.165, 1.54) is 46.9 Å². The van der Waals surface area contributed by atoms with Crippen LogP contribution < -0.4 is 0 Å². The van der Waals surface area contributed by atoms with Gasteiger partial charge in [-0.3, -0.25) is 0 Å². The molecule has 6 heteroatoms. The minimum absolute atomic E-state index is 0. The molecular formula is C56H92O5S. The number of hydrogen-bond donors (Lipinski definition) is 0. The highest BCUT2D eigenvalue weighted by atomic mass is 32.2. The van der Waals surface area contributed by atoms with E-state index in [0.29, 0.717) is 16.2 Å². The summed E-state index contributed by atoms with van der Waals surface area (Å²) in [5.41, 5.74) is 7.36. The Morgan fingerprint density at radius 3 is 0.758 bits per heavy atom. The fraction of sp³-hybridized carbons (Fsp3) is 0.482. The first-order chi connectivity index (χ1) is 27.7. The Morgan fingerprint density at radius 1 is 0.435 bits per heavy atom. The highest BCUT2D eigenvalue weighted by Gasteiger charge is 2.34. The molecule has 0 heterocycles. The van der Waals surface area contributed by atoms with Crippen LogP contribution in [0.3, 0.4) is 0 Å². The summed E-state index contributed by atoms with van der Waals surface area (Å²) >= 11 is 0. The molecule has 0 saturated carbocycles. The monoisotopic (exact) mass is 877 g/mol. The van der Waals surface area contributed by atoms with Gasteiger partial charge in [-0.25, -0.2) is 8.42 Å². The molecule has 1 aliphatic carbocycles. The molecule has 352 valence electrons. The van der Waals surface area contributed by atoms with E-state index in [1.54, 1.807) is 28.4 Å². The van der Waals surface area contributed by atoms with Crippen molar-refractivity contribution in [2.75, 3.05) is 41.0 Å². The van der Waals surface area contributed by atoms with Crippen molar-refractivity contribution >= 4 is 26.4 Å². The second kappa shape index (κ2) is 35.4. The standard InChI is InChI=1S/C15H14.C10H8.C6H6.3C5H12.C3H6O.C2H6O2S.2C2H6O.CH4/c1-15(2)13-9-5-3-7-11(13)12-8-4-6-10-14(12)15;1-2-6-10-8-4-3-7-9(10)5-1;1-2-4-6-5-3-1;3*1-5(2,3)4;1-3(2)4;1-5(2,3)4;2*1-3-2;/h3-10H,1-2H3;1-8H;1-6H;3*1-4H3;1-2H3;1-2H3;2*1-2H3;1H4. The van der Waals surface area contributed by atoms with Crippen molar-refractivity contribution in [3.63, 3.8) is 0 Å². The van der Waals surface area contributed by atoms with Gasteiger partial charge in [0.25, 0.3) is 0 Å². The van der Waals surface area contributed by atoms with Gasteiger partial charge in [-0.1, -0.05) is 238 Å². The summed E-state index contributed by atoms with van der Waals surface area (Å²) in [5, 5.41) is 2.62. The molecule has 0 fully saturated rings. The molecule has 5 aromatic rings. The lowest BCUT2D eigenvalue weighted by atomic mass is 9.82. The topological polar surface area (TPSA) is 69.7 Å². The Hall–Kier alpha value is -4.10. The first-order valence-electron chi connectivity index (χ1n) is 20.8. The lowest BCUT2D eigenvalue weighted by molar-refractivity contribution is -0.115. The van der Waals surface area contributed by atoms with Crippen molar-refractivity contribution in [1.82, 2.24) is 0 Å². The molecule has 5 aromatic carbocycles. The highest BCUT2D eigenvalue weighted by molar-refractivity contribution is 7.89. The molecule has 0 bridgehead atoms. The van der Waals surface area contributed by atoms with Crippen LogP contribution in [0.1, 0.15) is 129 Å². The number of benzene rings is 5. The highest BCUT2D eigenvalue weighted by Crippen LogP contribution is 2.48. The average molecular weight is 877 g/mol. The summed E-state index contributed by atoms with van der Waals surface area (Å²) in [6.45, 7) is 33.9. The number of ether oxygens (including phenoxy) is 2. The maximum Gasteiger partial charge on any atom is 0.144 e. The predicted octanol–water partition coefficient (Wildman–Crippen LogP) is 16.1. The number of fused-ring (bicyclic) bond motifs is 4. The van der Waals surface area contributed by atoms with Crippen molar-refractivity contribution in [2.45, 2.75) is 124 Å². The van der Waals surface area contributed by atoms with Crippen LogP contribution in [-0.4, -0.2) is 55.2 Å². The smallest absolute Gasteiger partial charge is 0.144 e. The zero-order chi connectivity index (χ0) is 48.5. The van der Waals surface area contributed by atoms with Crippen LogP contribution in [0.25, 0.3) is 21.9 Å². The van der Waals surface area contributed by atoms with Gasteiger partial charge in [0.1, 0.15) is 15.6 Å². The summed E-state index contributed by atoms with van der Waals surface area (Å²) in [5.74, 6) is 0.167. The maximum atomic E-state index is 9.63. The summed E-state index contributed by atoms with van der Waals surface area (Å²) in [6.07, 6.45) is 2.32. The zero-order valence-corrected chi connectivity index (χ0v) is 43.5. The van der Waals surface area contributed by atoms with Gasteiger partial charge in [-0.15, -0.1) is 0 Å². The van der Waals surface area contributed by atoms with Crippen molar-refractivity contribution in [3.05, 3.63) is 145 Å². The quantitative estimate of drug-likeness (QED) is 0.155. The Labute approximate surface area is 384 Å². The third-order valence-corrected chi connectivity index (χ3v) is 5.82. The van der Waals surface area contributed by atoms with Crippen LogP contribution in [0, 0.1) is 16.2 Å². The number of rotatable bonds is 0. The molecule has 0 unspecified atom stereocenters. The molecule has 0 amide bonds. The van der Waals surface area contributed by atoms with Crippen LogP contribution in [0.15, 0.2) is 133 Å². The van der Waals surface area contributed by atoms with Crippen molar-refractivity contribution in [3.8, 4) is 11.1 Å². The van der Waals surface area contributed by atoms with E-state index in [2.05, 4.69) is 203 Å². The fourth-order valence-corrected chi connectivity index (χ4v) is 4.19. The molecule has 0 spiro atoms. The van der Waals surface area contributed by atoms with Crippen LogP contribution in [0.2, 0.25) is 0 Å². The molecule has 6 rings (SSSR count). The Morgan fingerprint density at radius 2 is 0.581 bits per heavy atom. The van der Waals surface area contributed by atoms with E-state index in [0.717, 1.165) is 12.5 Å². The number of methoxy groups -OCH3 is 2. The van der Waals surface area contributed by atoms with Crippen LogP contribution in [-0.2, 0) is 29.5 Å². The minimum Gasteiger partial charge on any atom is -0.388 e. The Bertz CT molecular complexity index is 1710. The Balaban J connectivity index is -0.000000205. The zero-order valence-electron chi connectivity index (χ0n) is 42.7. The van der Waals surface area contributed by atoms with E-state index in [1.807, 2.05) is 36.4 Å². The molecule has 0 N–H and O–H groups in total. The van der Waals surface area contributed by atoms with Gasteiger partial charge in [0.05, 0.1) is 0 Å².